The van der Waals surface area contributed by atoms with E-state index in [1.165, 1.54) is 12.3 Å². The summed E-state index contributed by atoms with van der Waals surface area (Å²) in [5.41, 5.74) is -0.757. The van der Waals surface area contributed by atoms with Gasteiger partial charge in [-0.25, -0.2) is 9.59 Å². The number of nitrogens with one attached hydrogen (secondary N) is 1. The van der Waals surface area contributed by atoms with Gasteiger partial charge >= 0.3 is 19.7 Å². The van der Waals surface area contributed by atoms with Crippen LogP contribution in [-0.4, -0.2) is 42.0 Å². The number of hydrogen-bond donors (Lipinski definition) is 2. The summed E-state index contributed by atoms with van der Waals surface area (Å²) in [6.45, 7) is 8.71. The van der Waals surface area contributed by atoms with Crippen LogP contribution in [0.2, 0.25) is 0 Å². The molecule has 0 aliphatic rings. The quantitative estimate of drug-likeness (QED) is 0.616. The third kappa shape index (κ3) is 6.82. The number of amides is 1. The molecule has 0 saturated carbocycles. The summed E-state index contributed by atoms with van der Waals surface area (Å²) in [5.74, 6) is -1.05. The average Bonchev–Trinajstić information content (AvgIpc) is 2.94. The number of carboxylic acids is 1. The first-order chi connectivity index (χ1) is 12.0. The highest BCUT2D eigenvalue weighted by Crippen LogP contribution is 2.47. The Balaban J connectivity index is 2.88. The van der Waals surface area contributed by atoms with Gasteiger partial charge in [-0.3, -0.25) is 4.57 Å². The number of alkyl carbamates (subject to hydrolysis) is 1. The first-order valence-electron chi connectivity index (χ1n) is 8.20. The molecule has 0 fully saturated rings. The fraction of sp³-hybridized carbons (Fsp3) is 0.625. The van der Waals surface area contributed by atoms with Gasteiger partial charge in [-0.1, -0.05) is 0 Å². The van der Waals surface area contributed by atoms with E-state index >= 15 is 0 Å². The second kappa shape index (κ2) is 9.21. The second-order valence-electron chi connectivity index (χ2n) is 6.35. The van der Waals surface area contributed by atoms with Crippen LogP contribution in [0.25, 0.3) is 0 Å². The van der Waals surface area contributed by atoms with Crippen molar-refractivity contribution >= 4 is 25.0 Å². The Morgan fingerprint density at radius 1 is 1.27 bits per heavy atom. The first-order valence-corrected chi connectivity index (χ1v) is 9.74. The van der Waals surface area contributed by atoms with Crippen LogP contribution in [0, 0.1) is 0 Å². The number of aliphatic carboxylic acids is 1. The maximum atomic E-state index is 12.7. The topological polar surface area (TPSA) is 124 Å². The van der Waals surface area contributed by atoms with Gasteiger partial charge in [0.2, 0.25) is 0 Å². The number of hydrogen-bond acceptors (Lipinski definition) is 7. The molecule has 0 aliphatic heterocycles. The number of rotatable bonds is 9. The Morgan fingerprint density at radius 3 is 2.31 bits per heavy atom. The normalized spacial score (nSPS) is 13.3. The van der Waals surface area contributed by atoms with Gasteiger partial charge in [-0.15, -0.1) is 0 Å². The van der Waals surface area contributed by atoms with E-state index in [2.05, 4.69) is 5.32 Å². The predicted molar refractivity (Wildman–Crippen MR) is 93.7 cm³/mol. The predicted octanol–water partition coefficient (Wildman–Crippen LogP) is 2.69. The molecule has 2 N–H and O–H groups in total. The third-order valence-electron chi connectivity index (χ3n) is 2.95. The van der Waals surface area contributed by atoms with Crippen LogP contribution >= 0.6 is 7.60 Å². The SMILES string of the molecule is CCOP(=O)(OCC)c1coc(C[C@H](NC(=O)OC(C)(C)C)C(=O)O)c1. The van der Waals surface area contributed by atoms with Crippen molar-refractivity contribution in [1.29, 1.82) is 0 Å². The smallest absolute Gasteiger partial charge is 0.408 e. The van der Waals surface area contributed by atoms with Crippen LogP contribution in [0.1, 0.15) is 40.4 Å². The summed E-state index contributed by atoms with van der Waals surface area (Å²) in [6.07, 6.45) is 0.187. The highest BCUT2D eigenvalue weighted by atomic mass is 31.2. The van der Waals surface area contributed by atoms with Crippen molar-refractivity contribution in [2.45, 2.75) is 52.7 Å². The van der Waals surface area contributed by atoms with Gasteiger partial charge in [0.25, 0.3) is 0 Å². The third-order valence-corrected chi connectivity index (χ3v) is 5.01. The van der Waals surface area contributed by atoms with Crippen molar-refractivity contribution in [2.24, 2.45) is 0 Å². The van der Waals surface area contributed by atoms with Crippen molar-refractivity contribution in [1.82, 2.24) is 5.32 Å². The fourth-order valence-corrected chi connectivity index (χ4v) is 3.53. The summed E-state index contributed by atoms with van der Waals surface area (Å²) in [4.78, 5) is 23.2. The molecule has 1 rings (SSSR count). The molecule has 1 aromatic heterocycles. The van der Waals surface area contributed by atoms with E-state index < -0.39 is 31.3 Å². The molecular weight excluding hydrogens is 365 g/mol. The summed E-state index contributed by atoms with van der Waals surface area (Å²) in [5, 5.41) is 11.8. The molecular formula is C16H26NO8P. The van der Waals surface area contributed by atoms with Crippen LogP contribution < -0.4 is 10.6 Å². The zero-order valence-electron chi connectivity index (χ0n) is 15.6. The summed E-state index contributed by atoms with van der Waals surface area (Å²) >= 11 is 0. The Hall–Kier alpha value is -1.83. The lowest BCUT2D eigenvalue weighted by Crippen LogP contribution is -2.44. The summed E-state index contributed by atoms with van der Waals surface area (Å²) in [6, 6.07) is 0.126. The van der Waals surface area contributed by atoms with Gasteiger partial charge in [-0.05, 0) is 40.7 Å². The standard InChI is InChI=1S/C16H26NO8P/c1-6-23-26(21,24-7-2)12-8-11(22-10-12)9-13(14(18)19)17-15(20)25-16(3,4)5/h8,10,13H,6-7,9H2,1-5H3,(H,17,20)(H,18,19)/t13-/m0/s1. The van der Waals surface area contributed by atoms with Crippen molar-refractivity contribution < 1.29 is 37.5 Å². The maximum absolute atomic E-state index is 12.7. The lowest BCUT2D eigenvalue weighted by molar-refractivity contribution is -0.139. The van der Waals surface area contributed by atoms with Crippen LogP contribution in [0.4, 0.5) is 4.79 Å². The maximum Gasteiger partial charge on any atom is 0.408 e. The minimum Gasteiger partial charge on any atom is -0.480 e. The van der Waals surface area contributed by atoms with E-state index in [0.717, 1.165) is 0 Å². The van der Waals surface area contributed by atoms with Gasteiger partial charge in [0.05, 0.1) is 13.2 Å². The number of carbonyl (C=O) groups is 2. The number of furan rings is 1. The highest BCUT2D eigenvalue weighted by molar-refractivity contribution is 7.62. The number of carboxylic acid groups (broad SMARTS) is 1. The largest absolute Gasteiger partial charge is 0.480 e. The number of ether oxygens (including phenoxy) is 1. The molecule has 0 saturated heterocycles. The lowest BCUT2D eigenvalue weighted by Gasteiger charge is -2.21. The molecule has 1 aromatic rings. The van der Waals surface area contributed by atoms with Crippen molar-refractivity contribution in [3.63, 3.8) is 0 Å². The monoisotopic (exact) mass is 391 g/mol. The Bertz CT molecular complexity index is 653. The molecule has 0 bridgehead atoms. The molecule has 0 unspecified atom stereocenters. The summed E-state index contributed by atoms with van der Waals surface area (Å²) in [7, 11) is -3.53. The molecule has 0 aliphatic carbocycles. The zero-order valence-corrected chi connectivity index (χ0v) is 16.5. The van der Waals surface area contributed by atoms with E-state index in [1.54, 1.807) is 34.6 Å². The number of carbonyl (C=O) groups excluding carboxylic acids is 1. The Kier molecular flexibility index (Phi) is 7.87. The molecule has 9 nitrogen and oxygen atoms in total. The molecule has 0 spiro atoms. The second-order valence-corrected chi connectivity index (χ2v) is 8.37. The van der Waals surface area contributed by atoms with Gasteiger partial charge in [0, 0.05) is 6.42 Å². The zero-order chi connectivity index (χ0) is 20.0. The fourth-order valence-electron chi connectivity index (χ4n) is 2.00. The molecule has 0 aromatic carbocycles. The molecule has 1 atom stereocenters. The van der Waals surface area contributed by atoms with Crippen LogP contribution in [0.15, 0.2) is 16.7 Å². The molecule has 10 heteroatoms. The summed E-state index contributed by atoms with van der Waals surface area (Å²) < 4.78 is 33.4. The van der Waals surface area contributed by atoms with Crippen molar-refractivity contribution in [2.75, 3.05) is 13.2 Å². The van der Waals surface area contributed by atoms with Crippen LogP contribution in [0.5, 0.6) is 0 Å². The molecule has 1 amide bonds. The van der Waals surface area contributed by atoms with Crippen LogP contribution in [0.3, 0.4) is 0 Å². The van der Waals surface area contributed by atoms with E-state index in [0.29, 0.717) is 0 Å². The van der Waals surface area contributed by atoms with Crippen molar-refractivity contribution in [3.8, 4) is 0 Å². The average molecular weight is 391 g/mol. The lowest BCUT2D eigenvalue weighted by atomic mass is 10.1. The van der Waals surface area contributed by atoms with E-state index in [-0.39, 0.29) is 30.7 Å². The van der Waals surface area contributed by atoms with Crippen molar-refractivity contribution in [3.05, 3.63) is 18.1 Å². The molecule has 0 radical (unpaired) electrons. The van der Waals surface area contributed by atoms with Gasteiger partial charge in [-0.2, -0.15) is 0 Å². The molecule has 26 heavy (non-hydrogen) atoms. The van der Waals surface area contributed by atoms with Gasteiger partial charge < -0.3 is 28.6 Å². The van der Waals surface area contributed by atoms with E-state index in [4.69, 9.17) is 18.2 Å². The van der Waals surface area contributed by atoms with Gasteiger partial charge in [0.15, 0.2) is 0 Å². The Morgan fingerprint density at radius 2 is 1.85 bits per heavy atom. The first kappa shape index (κ1) is 22.2. The van der Waals surface area contributed by atoms with E-state index in [9.17, 15) is 19.3 Å². The van der Waals surface area contributed by atoms with Crippen LogP contribution in [-0.2, 0) is 29.6 Å². The van der Waals surface area contributed by atoms with E-state index in [1.807, 2.05) is 0 Å². The minimum atomic E-state index is -3.53. The molecule has 1 heterocycles. The Labute approximate surface area is 152 Å². The highest BCUT2D eigenvalue weighted by Gasteiger charge is 2.31. The molecule has 148 valence electrons. The minimum absolute atomic E-state index is 0.160. The van der Waals surface area contributed by atoms with Gasteiger partial charge in [0.1, 0.15) is 29.0 Å².